The number of aliphatic hydroxyl groups is 1. The molecule has 0 aromatic heterocycles. The van der Waals surface area contributed by atoms with Gasteiger partial charge in [-0.2, -0.15) is 0 Å². The molecule has 1 rings (SSSR count). The molecule has 0 spiro atoms. The molecule has 0 aliphatic carbocycles. The summed E-state index contributed by atoms with van der Waals surface area (Å²) in [6, 6.07) is 8.11. The Morgan fingerprint density at radius 3 is 2.48 bits per heavy atom. The Hall–Kier alpha value is -1.44. The van der Waals surface area contributed by atoms with Gasteiger partial charge in [-0.05, 0) is 18.4 Å². The van der Waals surface area contributed by atoms with Crippen LogP contribution in [-0.2, 0) is 21.1 Å². The van der Waals surface area contributed by atoms with Crippen molar-refractivity contribution in [2.45, 2.75) is 24.9 Å². The van der Waals surface area contributed by atoms with Crippen LogP contribution < -0.4 is 11.1 Å². The van der Waals surface area contributed by atoms with Gasteiger partial charge in [0.05, 0.1) is 24.4 Å². The van der Waals surface area contributed by atoms with Gasteiger partial charge in [0, 0.05) is 6.26 Å². The third-order valence-corrected chi connectivity index (χ3v) is 4.01. The van der Waals surface area contributed by atoms with Gasteiger partial charge in [0.1, 0.15) is 9.84 Å². The standard InChI is InChI=1S/C14H22N2O4S/c1-21(19,20)8-7-13(15)14(18)16-12(10-17)9-11-5-3-2-4-6-11/h2-6,12-13,17H,7-10,15H2,1H3,(H,16,18). The molecular weight excluding hydrogens is 292 g/mol. The molecular formula is C14H22N2O4S. The van der Waals surface area contributed by atoms with E-state index >= 15 is 0 Å². The highest BCUT2D eigenvalue weighted by atomic mass is 32.2. The van der Waals surface area contributed by atoms with Crippen molar-refractivity contribution in [1.29, 1.82) is 0 Å². The molecule has 2 atom stereocenters. The topological polar surface area (TPSA) is 109 Å². The molecule has 4 N–H and O–H groups in total. The summed E-state index contributed by atoms with van der Waals surface area (Å²) in [4.78, 5) is 11.9. The van der Waals surface area contributed by atoms with Crippen LogP contribution in [-0.4, -0.2) is 50.1 Å². The second-order valence-electron chi connectivity index (χ2n) is 5.10. The molecule has 0 fully saturated rings. The second-order valence-corrected chi connectivity index (χ2v) is 7.36. The van der Waals surface area contributed by atoms with Crippen molar-refractivity contribution in [3.05, 3.63) is 35.9 Å². The van der Waals surface area contributed by atoms with Crippen LogP contribution in [0.2, 0.25) is 0 Å². The van der Waals surface area contributed by atoms with Crippen LogP contribution >= 0.6 is 0 Å². The average Bonchev–Trinajstić information content (AvgIpc) is 2.44. The van der Waals surface area contributed by atoms with Gasteiger partial charge in [0.15, 0.2) is 0 Å². The predicted molar refractivity (Wildman–Crippen MR) is 81.5 cm³/mol. The summed E-state index contributed by atoms with van der Waals surface area (Å²) in [7, 11) is -3.14. The number of sulfone groups is 1. The second kappa shape index (κ2) is 8.11. The fraction of sp³-hybridized carbons (Fsp3) is 0.500. The number of carbonyl (C=O) groups is 1. The first-order valence-corrected chi connectivity index (χ1v) is 8.76. The Bertz CT molecular complexity index is 545. The normalized spacial score (nSPS) is 14.4. The van der Waals surface area contributed by atoms with E-state index in [9.17, 15) is 18.3 Å². The van der Waals surface area contributed by atoms with Crippen molar-refractivity contribution in [2.24, 2.45) is 5.73 Å². The highest BCUT2D eigenvalue weighted by Crippen LogP contribution is 2.03. The van der Waals surface area contributed by atoms with E-state index in [1.54, 1.807) is 0 Å². The Labute approximate surface area is 125 Å². The number of carbonyl (C=O) groups excluding carboxylic acids is 1. The molecule has 6 nitrogen and oxygen atoms in total. The van der Waals surface area contributed by atoms with Crippen LogP contribution in [0.25, 0.3) is 0 Å². The molecule has 0 bridgehead atoms. The van der Waals surface area contributed by atoms with E-state index in [0.29, 0.717) is 6.42 Å². The highest BCUT2D eigenvalue weighted by molar-refractivity contribution is 7.90. The first kappa shape index (κ1) is 17.6. The van der Waals surface area contributed by atoms with E-state index in [1.165, 1.54) is 0 Å². The maximum atomic E-state index is 11.9. The van der Waals surface area contributed by atoms with Gasteiger partial charge in [-0.15, -0.1) is 0 Å². The van der Waals surface area contributed by atoms with Crippen LogP contribution in [0.5, 0.6) is 0 Å². The van der Waals surface area contributed by atoms with Crippen molar-refractivity contribution in [1.82, 2.24) is 5.32 Å². The number of hydrogen-bond acceptors (Lipinski definition) is 5. The zero-order valence-corrected chi connectivity index (χ0v) is 12.8. The van der Waals surface area contributed by atoms with Gasteiger partial charge < -0.3 is 16.2 Å². The molecule has 0 saturated heterocycles. The largest absolute Gasteiger partial charge is 0.394 e. The average molecular weight is 314 g/mol. The summed E-state index contributed by atoms with van der Waals surface area (Å²) < 4.78 is 22.1. The molecule has 1 aromatic rings. The van der Waals surface area contributed by atoms with E-state index in [2.05, 4.69) is 5.32 Å². The molecule has 1 aromatic carbocycles. The fourth-order valence-electron chi connectivity index (χ4n) is 1.84. The molecule has 0 aliphatic rings. The summed E-state index contributed by atoms with van der Waals surface area (Å²) in [5.41, 5.74) is 6.65. The van der Waals surface area contributed by atoms with E-state index in [-0.39, 0.29) is 18.8 Å². The van der Waals surface area contributed by atoms with E-state index in [0.717, 1.165) is 11.8 Å². The molecule has 0 saturated carbocycles. The molecule has 7 heteroatoms. The molecule has 2 unspecified atom stereocenters. The molecule has 1 amide bonds. The monoisotopic (exact) mass is 314 g/mol. The number of hydrogen-bond donors (Lipinski definition) is 3. The van der Waals surface area contributed by atoms with Gasteiger partial charge in [-0.25, -0.2) is 8.42 Å². The van der Waals surface area contributed by atoms with E-state index < -0.39 is 27.8 Å². The third kappa shape index (κ3) is 7.22. The van der Waals surface area contributed by atoms with E-state index in [1.807, 2.05) is 30.3 Å². The summed E-state index contributed by atoms with van der Waals surface area (Å²) in [6.45, 7) is -0.209. The minimum absolute atomic E-state index is 0.0636. The van der Waals surface area contributed by atoms with Crippen molar-refractivity contribution in [3.63, 3.8) is 0 Å². The Kier molecular flexibility index (Phi) is 6.80. The Balaban J connectivity index is 2.50. The predicted octanol–water partition coefficient (Wildman–Crippen LogP) is -0.532. The number of rotatable bonds is 8. The van der Waals surface area contributed by atoms with Crippen molar-refractivity contribution in [2.75, 3.05) is 18.6 Å². The smallest absolute Gasteiger partial charge is 0.237 e. The van der Waals surface area contributed by atoms with Gasteiger partial charge in [0.25, 0.3) is 0 Å². The first-order chi connectivity index (χ1) is 9.81. The molecule has 21 heavy (non-hydrogen) atoms. The zero-order valence-electron chi connectivity index (χ0n) is 12.0. The maximum Gasteiger partial charge on any atom is 0.237 e. The summed E-state index contributed by atoms with van der Waals surface area (Å²) in [5.74, 6) is -0.585. The quantitative estimate of drug-likeness (QED) is 0.597. The Morgan fingerprint density at radius 1 is 1.33 bits per heavy atom. The lowest BCUT2D eigenvalue weighted by Gasteiger charge is -2.19. The minimum Gasteiger partial charge on any atom is -0.394 e. The van der Waals surface area contributed by atoms with Crippen LogP contribution in [0.1, 0.15) is 12.0 Å². The van der Waals surface area contributed by atoms with Gasteiger partial charge in [0.2, 0.25) is 5.91 Å². The number of aliphatic hydroxyl groups excluding tert-OH is 1. The summed E-state index contributed by atoms with van der Waals surface area (Å²) in [5, 5.41) is 12.0. The number of nitrogens with one attached hydrogen (secondary N) is 1. The summed E-state index contributed by atoms with van der Waals surface area (Å²) in [6.07, 6.45) is 1.65. The zero-order chi connectivity index (χ0) is 15.9. The molecule has 118 valence electrons. The van der Waals surface area contributed by atoms with Gasteiger partial charge in [-0.3, -0.25) is 4.79 Å². The number of nitrogens with two attached hydrogens (primary N) is 1. The molecule has 0 radical (unpaired) electrons. The summed E-state index contributed by atoms with van der Waals surface area (Å²) >= 11 is 0. The fourth-order valence-corrected chi connectivity index (χ4v) is 2.52. The van der Waals surface area contributed by atoms with Crippen LogP contribution in [0, 0.1) is 0 Å². The van der Waals surface area contributed by atoms with E-state index in [4.69, 9.17) is 5.73 Å². The van der Waals surface area contributed by atoms with Crippen LogP contribution in [0.4, 0.5) is 0 Å². The van der Waals surface area contributed by atoms with Crippen molar-refractivity contribution >= 4 is 15.7 Å². The number of benzene rings is 1. The number of amides is 1. The Morgan fingerprint density at radius 2 is 1.95 bits per heavy atom. The lowest BCUT2D eigenvalue weighted by molar-refractivity contribution is -0.123. The maximum absolute atomic E-state index is 11.9. The SMILES string of the molecule is CS(=O)(=O)CCC(N)C(=O)NC(CO)Cc1ccccc1. The van der Waals surface area contributed by atoms with Crippen molar-refractivity contribution in [3.8, 4) is 0 Å². The lowest BCUT2D eigenvalue weighted by atomic mass is 10.1. The minimum atomic E-state index is -3.14. The third-order valence-electron chi connectivity index (χ3n) is 3.03. The van der Waals surface area contributed by atoms with Crippen molar-refractivity contribution < 1.29 is 18.3 Å². The lowest BCUT2D eigenvalue weighted by Crippen LogP contribution is -2.48. The molecule has 0 heterocycles. The van der Waals surface area contributed by atoms with Gasteiger partial charge >= 0.3 is 0 Å². The van der Waals surface area contributed by atoms with Crippen LogP contribution in [0.15, 0.2) is 30.3 Å². The first-order valence-electron chi connectivity index (χ1n) is 6.70. The highest BCUT2D eigenvalue weighted by Gasteiger charge is 2.19. The molecule has 0 aliphatic heterocycles. The van der Waals surface area contributed by atoms with Gasteiger partial charge in [-0.1, -0.05) is 30.3 Å². The van der Waals surface area contributed by atoms with Crippen LogP contribution in [0.3, 0.4) is 0 Å².